The number of anilines is 1. The van der Waals surface area contributed by atoms with E-state index in [4.69, 9.17) is 5.26 Å². The molecule has 0 fully saturated rings. The van der Waals surface area contributed by atoms with Crippen LogP contribution in [0.5, 0.6) is 0 Å². The van der Waals surface area contributed by atoms with E-state index >= 15 is 0 Å². The van der Waals surface area contributed by atoms with Crippen LogP contribution in [-0.4, -0.2) is 28.5 Å². The highest BCUT2D eigenvalue weighted by molar-refractivity contribution is 5.41. The summed E-state index contributed by atoms with van der Waals surface area (Å²) in [4.78, 5) is 14.0. The Hall–Kier alpha value is -2.48. The van der Waals surface area contributed by atoms with Gasteiger partial charge in [0, 0.05) is 32.1 Å². The number of nitrogens with zero attached hydrogens (tertiary/aromatic N) is 5. The number of hydrogen-bond acceptors (Lipinski definition) is 5. The minimum Gasteiger partial charge on any atom is -0.359 e. The van der Waals surface area contributed by atoms with E-state index in [2.05, 4.69) is 15.0 Å². The Morgan fingerprint density at radius 1 is 1.28 bits per heavy atom. The molecule has 0 saturated carbocycles. The molecule has 0 unspecified atom stereocenters. The van der Waals surface area contributed by atoms with Gasteiger partial charge < -0.3 is 4.90 Å². The summed E-state index contributed by atoms with van der Waals surface area (Å²) in [5.74, 6) is 0.760. The Morgan fingerprint density at radius 2 is 2.06 bits per heavy atom. The van der Waals surface area contributed by atoms with Crippen molar-refractivity contribution in [1.82, 2.24) is 15.0 Å². The Morgan fingerprint density at radius 3 is 2.78 bits per heavy atom. The molecule has 0 atom stereocenters. The van der Waals surface area contributed by atoms with Crippen molar-refractivity contribution in [3.05, 3.63) is 48.2 Å². The third kappa shape index (κ3) is 3.01. The van der Waals surface area contributed by atoms with Gasteiger partial charge in [0.2, 0.25) is 0 Å². The Kier molecular flexibility index (Phi) is 3.82. The van der Waals surface area contributed by atoms with Crippen LogP contribution in [0.1, 0.15) is 11.3 Å². The van der Waals surface area contributed by atoms with Crippen molar-refractivity contribution in [2.24, 2.45) is 0 Å². The summed E-state index contributed by atoms with van der Waals surface area (Å²) in [6, 6.07) is 7.69. The average Bonchev–Trinajstić information content (AvgIpc) is 2.46. The summed E-state index contributed by atoms with van der Waals surface area (Å²) in [5.41, 5.74) is 1.61. The normalized spacial score (nSPS) is 9.78. The van der Waals surface area contributed by atoms with Crippen LogP contribution in [0.25, 0.3) is 0 Å². The quantitative estimate of drug-likeness (QED) is 0.807. The van der Waals surface area contributed by atoms with Gasteiger partial charge >= 0.3 is 0 Å². The second-order valence-electron chi connectivity index (χ2n) is 3.90. The lowest BCUT2D eigenvalue weighted by Gasteiger charge is -2.17. The van der Waals surface area contributed by atoms with Crippen LogP contribution in [0.4, 0.5) is 5.82 Å². The zero-order valence-electron chi connectivity index (χ0n) is 10.1. The maximum Gasteiger partial charge on any atom is 0.145 e. The number of pyridine rings is 1. The van der Waals surface area contributed by atoms with E-state index in [1.807, 2.05) is 30.1 Å². The third-order valence-electron chi connectivity index (χ3n) is 2.64. The van der Waals surface area contributed by atoms with Crippen molar-refractivity contribution < 1.29 is 0 Å². The molecule has 0 radical (unpaired) electrons. The van der Waals surface area contributed by atoms with Crippen molar-refractivity contribution in [3.63, 3.8) is 0 Å². The summed E-state index contributed by atoms with van der Waals surface area (Å²) in [5, 5.41) is 8.79. The van der Waals surface area contributed by atoms with Gasteiger partial charge in [-0.25, -0.2) is 9.97 Å². The molecule has 0 N–H and O–H groups in total. The van der Waals surface area contributed by atoms with Gasteiger partial charge in [0.15, 0.2) is 0 Å². The second kappa shape index (κ2) is 5.73. The van der Waals surface area contributed by atoms with E-state index in [0.717, 1.165) is 18.8 Å². The molecule has 2 aromatic heterocycles. The molecule has 0 aromatic carbocycles. The molecule has 0 spiro atoms. The number of rotatable bonds is 4. The number of aromatic nitrogens is 3. The van der Waals surface area contributed by atoms with Gasteiger partial charge in [0.25, 0.3) is 0 Å². The molecule has 90 valence electrons. The molecule has 5 heteroatoms. The lowest BCUT2D eigenvalue weighted by atomic mass is 10.2. The fourth-order valence-electron chi connectivity index (χ4n) is 1.58. The Labute approximate surface area is 106 Å². The van der Waals surface area contributed by atoms with Gasteiger partial charge in [-0.1, -0.05) is 0 Å². The lowest BCUT2D eigenvalue weighted by Crippen LogP contribution is -2.21. The smallest absolute Gasteiger partial charge is 0.145 e. The highest BCUT2D eigenvalue weighted by Gasteiger charge is 2.04. The summed E-state index contributed by atoms with van der Waals surface area (Å²) >= 11 is 0. The molecule has 0 saturated heterocycles. The Bertz CT molecular complexity index is 547. The summed E-state index contributed by atoms with van der Waals surface area (Å²) in [7, 11) is 1.95. The first-order chi connectivity index (χ1) is 8.79. The zero-order valence-corrected chi connectivity index (χ0v) is 10.1. The first kappa shape index (κ1) is 12.0. The summed E-state index contributed by atoms with van der Waals surface area (Å²) in [6.45, 7) is 0.825. The van der Waals surface area contributed by atoms with E-state index in [-0.39, 0.29) is 0 Å². The summed E-state index contributed by atoms with van der Waals surface area (Å²) < 4.78 is 0. The first-order valence-electron chi connectivity index (χ1n) is 5.62. The minimum atomic E-state index is 0.385. The summed E-state index contributed by atoms with van der Waals surface area (Å²) in [6.07, 6.45) is 5.89. The van der Waals surface area contributed by atoms with Gasteiger partial charge in [0.1, 0.15) is 23.9 Å². The van der Waals surface area contributed by atoms with Crippen LogP contribution in [0.3, 0.4) is 0 Å². The van der Waals surface area contributed by atoms with Crippen molar-refractivity contribution in [3.8, 4) is 6.07 Å². The van der Waals surface area contributed by atoms with E-state index in [9.17, 15) is 0 Å². The molecule has 0 aliphatic carbocycles. The monoisotopic (exact) mass is 239 g/mol. The van der Waals surface area contributed by atoms with Crippen LogP contribution in [0.2, 0.25) is 0 Å². The molecule has 0 aliphatic heterocycles. The second-order valence-corrected chi connectivity index (χ2v) is 3.90. The SMILES string of the molecule is CN(CCc1ccncc1)c1cc(C#N)ncn1. The largest absolute Gasteiger partial charge is 0.359 e. The molecular formula is C13H13N5. The zero-order chi connectivity index (χ0) is 12.8. The highest BCUT2D eigenvalue weighted by Crippen LogP contribution is 2.09. The van der Waals surface area contributed by atoms with Crippen molar-refractivity contribution in [2.75, 3.05) is 18.5 Å². The van der Waals surface area contributed by atoms with Gasteiger partial charge in [-0.15, -0.1) is 0 Å². The predicted octanol–water partition coefficient (Wildman–Crippen LogP) is 1.42. The van der Waals surface area contributed by atoms with Gasteiger partial charge in [-0.05, 0) is 24.1 Å². The van der Waals surface area contributed by atoms with Crippen molar-refractivity contribution in [2.45, 2.75) is 6.42 Å². The van der Waals surface area contributed by atoms with E-state index in [1.165, 1.54) is 11.9 Å². The third-order valence-corrected chi connectivity index (χ3v) is 2.64. The van der Waals surface area contributed by atoms with E-state index in [0.29, 0.717) is 5.69 Å². The average molecular weight is 239 g/mol. The van der Waals surface area contributed by atoms with E-state index < -0.39 is 0 Å². The van der Waals surface area contributed by atoms with Crippen molar-refractivity contribution >= 4 is 5.82 Å². The molecule has 2 heterocycles. The van der Waals surface area contributed by atoms with Crippen LogP contribution in [0.15, 0.2) is 36.9 Å². The molecule has 2 aromatic rings. The van der Waals surface area contributed by atoms with Gasteiger partial charge in [0.05, 0.1) is 0 Å². The first-order valence-corrected chi connectivity index (χ1v) is 5.62. The van der Waals surface area contributed by atoms with Crippen molar-refractivity contribution in [1.29, 1.82) is 5.26 Å². The fourth-order valence-corrected chi connectivity index (χ4v) is 1.58. The van der Waals surface area contributed by atoms with Gasteiger partial charge in [-0.2, -0.15) is 5.26 Å². The van der Waals surface area contributed by atoms with Crippen LogP contribution in [0, 0.1) is 11.3 Å². The van der Waals surface area contributed by atoms with Gasteiger partial charge in [-0.3, -0.25) is 4.98 Å². The predicted molar refractivity (Wildman–Crippen MR) is 68.0 cm³/mol. The fraction of sp³-hybridized carbons (Fsp3) is 0.231. The van der Waals surface area contributed by atoms with Crippen LogP contribution < -0.4 is 4.90 Å². The molecule has 0 bridgehead atoms. The highest BCUT2D eigenvalue weighted by atomic mass is 15.2. The number of likely N-dealkylation sites (N-methyl/N-ethyl adjacent to an activating group) is 1. The molecular weight excluding hydrogens is 226 g/mol. The molecule has 0 amide bonds. The number of hydrogen-bond donors (Lipinski definition) is 0. The maximum atomic E-state index is 8.79. The number of nitriles is 1. The molecule has 0 aliphatic rings. The standard InChI is InChI=1S/C13H13N5/c1-18(7-4-11-2-5-15-6-3-11)13-8-12(9-14)16-10-17-13/h2-3,5-6,8,10H,4,7H2,1H3. The molecule has 2 rings (SSSR count). The Balaban J connectivity index is 1.99. The minimum absolute atomic E-state index is 0.385. The van der Waals surface area contributed by atoms with Crippen LogP contribution >= 0.6 is 0 Å². The molecule has 18 heavy (non-hydrogen) atoms. The molecule has 5 nitrogen and oxygen atoms in total. The van der Waals surface area contributed by atoms with E-state index in [1.54, 1.807) is 18.5 Å². The lowest BCUT2D eigenvalue weighted by molar-refractivity contribution is 0.853. The van der Waals surface area contributed by atoms with Crippen LogP contribution in [-0.2, 0) is 6.42 Å². The topological polar surface area (TPSA) is 65.7 Å². The maximum absolute atomic E-state index is 8.79.